The Morgan fingerprint density at radius 3 is 1.90 bits per heavy atom. The molecule has 6 heteroatoms. The van der Waals surface area contributed by atoms with Gasteiger partial charge in [0.2, 0.25) is 0 Å². The molecule has 0 fully saturated rings. The van der Waals surface area contributed by atoms with E-state index in [4.69, 9.17) is 21.2 Å². The van der Waals surface area contributed by atoms with Crippen molar-refractivity contribution in [1.29, 1.82) is 0 Å². The van der Waals surface area contributed by atoms with Crippen LogP contribution in [0.15, 0.2) is 36.4 Å². The Morgan fingerprint density at radius 1 is 0.966 bits per heavy atom. The molecule has 162 valence electrons. The molecule has 2 rings (SSSR count). The molecule has 0 bridgehead atoms. The lowest BCUT2D eigenvalue weighted by atomic mass is 9.92. The van der Waals surface area contributed by atoms with Gasteiger partial charge in [-0.05, 0) is 55.9 Å². The van der Waals surface area contributed by atoms with Gasteiger partial charge in [0.1, 0.15) is 19.4 Å². The Hall–Kier alpha value is -2.24. The zero-order chi connectivity index (χ0) is 23.1. The largest absolute Gasteiger partial charge is 0.377 e. The Bertz CT molecular complexity index is 722. The maximum Gasteiger partial charge on any atom is 0.142 e. The minimum atomic E-state index is -0.378. The highest BCUT2D eigenvalue weighted by molar-refractivity contribution is 6.30. The number of benzene rings is 2. The van der Waals surface area contributed by atoms with Crippen LogP contribution in [0.4, 0.5) is 10.1 Å². The van der Waals surface area contributed by atoms with Crippen LogP contribution < -0.4 is 4.90 Å². The van der Waals surface area contributed by atoms with Crippen LogP contribution in [0.2, 0.25) is 5.02 Å². The molecule has 0 aromatic heterocycles. The molecule has 0 heterocycles. The van der Waals surface area contributed by atoms with Crippen LogP contribution in [0.1, 0.15) is 43.0 Å². The number of carbonyl (C=O) groups is 2. The Morgan fingerprint density at radius 2 is 1.45 bits per heavy atom. The zero-order valence-corrected chi connectivity index (χ0v) is 19.4. The molecule has 0 saturated carbocycles. The molecule has 1 unspecified atom stereocenters. The number of nitrogens with zero attached hydrogens (tertiary/aromatic N) is 2. The lowest BCUT2D eigenvalue weighted by Crippen LogP contribution is -2.24. The van der Waals surface area contributed by atoms with E-state index in [2.05, 4.69) is 35.8 Å². The van der Waals surface area contributed by atoms with Gasteiger partial charge in [-0.2, -0.15) is 0 Å². The topological polar surface area (TPSA) is 40.6 Å². The predicted molar refractivity (Wildman–Crippen MR) is 123 cm³/mol. The molecule has 0 radical (unpaired) electrons. The summed E-state index contributed by atoms with van der Waals surface area (Å²) in [7, 11) is 8.04. The van der Waals surface area contributed by atoms with Gasteiger partial charge in [-0.3, -0.25) is 4.90 Å². The number of anilines is 1. The summed E-state index contributed by atoms with van der Waals surface area (Å²) in [6, 6.07) is 11.4. The third-order valence-electron chi connectivity index (χ3n) is 3.83. The predicted octanol–water partition coefficient (Wildman–Crippen LogP) is 5.55. The minimum Gasteiger partial charge on any atom is -0.377 e. The van der Waals surface area contributed by atoms with Gasteiger partial charge < -0.3 is 14.5 Å². The van der Waals surface area contributed by atoms with Crippen LogP contribution in [0.25, 0.3) is 0 Å². The summed E-state index contributed by atoms with van der Waals surface area (Å²) in [4.78, 5) is 20.2. The first-order chi connectivity index (χ1) is 13.7. The van der Waals surface area contributed by atoms with E-state index in [1.165, 1.54) is 6.42 Å². The van der Waals surface area contributed by atoms with Gasteiger partial charge in [0, 0.05) is 19.8 Å². The minimum absolute atomic E-state index is 0.0367. The molecule has 0 amide bonds. The second kappa shape index (κ2) is 15.7. The van der Waals surface area contributed by atoms with Crippen molar-refractivity contribution >= 4 is 30.9 Å². The summed E-state index contributed by atoms with van der Waals surface area (Å²) in [6.45, 7) is 10.2. The van der Waals surface area contributed by atoms with E-state index in [0.717, 1.165) is 22.4 Å². The van der Waals surface area contributed by atoms with E-state index in [1.54, 1.807) is 12.1 Å². The van der Waals surface area contributed by atoms with E-state index in [1.807, 2.05) is 60.8 Å². The van der Waals surface area contributed by atoms with Gasteiger partial charge in [0.15, 0.2) is 0 Å². The summed E-state index contributed by atoms with van der Waals surface area (Å²) in [5.74, 6) is -0.378. The van der Waals surface area contributed by atoms with Gasteiger partial charge in [-0.1, -0.05) is 50.1 Å². The molecular weight excluding hydrogens is 391 g/mol. The molecule has 4 nitrogen and oxygen atoms in total. The van der Waals surface area contributed by atoms with Crippen LogP contribution in [-0.2, 0) is 9.59 Å². The van der Waals surface area contributed by atoms with Gasteiger partial charge in [-0.25, -0.2) is 4.39 Å². The highest BCUT2D eigenvalue weighted by Crippen LogP contribution is 2.36. The molecule has 0 aliphatic heterocycles. The fraction of sp³-hybridized carbons (Fsp3) is 0.391. The average molecular weight is 425 g/mol. The monoisotopic (exact) mass is 424 g/mol. The normalized spacial score (nSPS) is 10.4. The number of rotatable bonds is 4. The molecule has 0 saturated heterocycles. The van der Waals surface area contributed by atoms with Crippen molar-refractivity contribution in [2.45, 2.75) is 33.2 Å². The molecular formula is C23H34ClFN2O2. The van der Waals surface area contributed by atoms with Crippen LogP contribution in [0.3, 0.4) is 0 Å². The van der Waals surface area contributed by atoms with Crippen LogP contribution in [0, 0.1) is 12.7 Å². The third-order valence-corrected chi connectivity index (χ3v) is 4.12. The van der Waals surface area contributed by atoms with Crippen molar-refractivity contribution in [3.8, 4) is 0 Å². The second-order valence-corrected chi connectivity index (χ2v) is 7.06. The van der Waals surface area contributed by atoms with Gasteiger partial charge in [-0.15, -0.1) is 0 Å². The SMILES string of the molecule is C=O.C=O.CCC.Cc1cc(Cl)c(F)cc1C(c1ccccc1N(C)C)N(C)C. The number of carbonyl (C=O) groups excluding carboxylic acids is 2. The summed E-state index contributed by atoms with van der Waals surface area (Å²) in [6.07, 6.45) is 1.25. The number of hydrogen-bond donors (Lipinski definition) is 0. The smallest absolute Gasteiger partial charge is 0.142 e. The highest BCUT2D eigenvalue weighted by Gasteiger charge is 2.23. The number of halogens is 2. The van der Waals surface area contributed by atoms with Gasteiger partial charge in [0.05, 0.1) is 11.1 Å². The second-order valence-electron chi connectivity index (χ2n) is 6.65. The van der Waals surface area contributed by atoms with Crippen molar-refractivity contribution in [1.82, 2.24) is 4.90 Å². The average Bonchev–Trinajstić information content (AvgIpc) is 2.70. The molecule has 0 spiro atoms. The summed E-state index contributed by atoms with van der Waals surface area (Å²) < 4.78 is 14.0. The number of para-hydroxylation sites is 1. The van der Waals surface area contributed by atoms with Crippen molar-refractivity contribution < 1.29 is 14.0 Å². The molecule has 1 atom stereocenters. The summed E-state index contributed by atoms with van der Waals surface area (Å²) >= 11 is 5.90. The standard InChI is InChI=1S/C18H22ClFN2.C3H8.2CH2O/c1-12-10-15(19)16(20)11-14(12)18(22(4)5)13-8-6-7-9-17(13)21(2)3;1-3-2;2*1-2/h6-11,18H,1-5H3;3H2,1-2H3;2*1H2. The highest BCUT2D eigenvalue weighted by atomic mass is 35.5. The molecule has 29 heavy (non-hydrogen) atoms. The van der Waals surface area contributed by atoms with Crippen LogP contribution in [-0.4, -0.2) is 46.7 Å². The zero-order valence-electron chi connectivity index (χ0n) is 18.6. The van der Waals surface area contributed by atoms with Crippen molar-refractivity contribution in [2.75, 3.05) is 33.1 Å². The lowest BCUT2D eigenvalue weighted by molar-refractivity contribution is -0.0987. The molecule has 0 aliphatic rings. The first kappa shape index (κ1) is 29.0. The molecule has 0 N–H and O–H groups in total. The Balaban J connectivity index is 0. The van der Waals surface area contributed by atoms with Crippen molar-refractivity contribution in [3.05, 3.63) is 63.9 Å². The number of hydrogen-bond acceptors (Lipinski definition) is 4. The molecule has 2 aromatic rings. The number of aryl methyl sites for hydroxylation is 1. The first-order valence-electron chi connectivity index (χ1n) is 9.20. The van der Waals surface area contributed by atoms with Gasteiger partial charge in [0.25, 0.3) is 0 Å². The van der Waals surface area contributed by atoms with Crippen LogP contribution in [0.5, 0.6) is 0 Å². The van der Waals surface area contributed by atoms with E-state index in [-0.39, 0.29) is 16.9 Å². The maximum atomic E-state index is 14.0. The first-order valence-corrected chi connectivity index (χ1v) is 9.58. The van der Waals surface area contributed by atoms with Crippen LogP contribution >= 0.6 is 11.6 Å². The fourth-order valence-electron chi connectivity index (χ4n) is 2.81. The quantitative estimate of drug-likeness (QED) is 0.645. The maximum absolute atomic E-state index is 14.0. The fourth-order valence-corrected chi connectivity index (χ4v) is 3.02. The molecule has 2 aromatic carbocycles. The van der Waals surface area contributed by atoms with Crippen molar-refractivity contribution in [3.63, 3.8) is 0 Å². The third kappa shape index (κ3) is 8.75. The van der Waals surface area contributed by atoms with E-state index >= 15 is 0 Å². The van der Waals surface area contributed by atoms with Crippen molar-refractivity contribution in [2.24, 2.45) is 0 Å². The Kier molecular flexibility index (Phi) is 15.6. The van der Waals surface area contributed by atoms with E-state index < -0.39 is 0 Å². The van der Waals surface area contributed by atoms with Gasteiger partial charge >= 0.3 is 0 Å². The lowest BCUT2D eigenvalue weighted by Gasteiger charge is -2.30. The van der Waals surface area contributed by atoms with E-state index in [9.17, 15) is 4.39 Å². The van der Waals surface area contributed by atoms with E-state index in [0.29, 0.717) is 0 Å². The summed E-state index contributed by atoms with van der Waals surface area (Å²) in [5, 5.41) is 0.166. The molecule has 0 aliphatic carbocycles. The Labute approximate surface area is 180 Å². The summed E-state index contributed by atoms with van der Waals surface area (Å²) in [5.41, 5.74) is 4.18.